The number of ether oxygens (including phenoxy) is 2. The van der Waals surface area contributed by atoms with Gasteiger partial charge in [0.15, 0.2) is 11.0 Å². The standard InChI is InChI=1S/C22H23Cl2N7O3S/c1-33-17-8-12(20(32)31-6-4-27-5-7-31)2-3-18(17)35-22-29-19(28-21(26)30-22)13-9-16(34-11-25)15(24)10-14(13)23/h2-3,8-10,27H,4-7,11,25H2,1H3,(H2,26,28,29,30). The molecule has 0 spiro atoms. The number of rotatable bonds is 7. The minimum absolute atomic E-state index is 0.00860. The van der Waals surface area contributed by atoms with E-state index in [1.807, 2.05) is 4.90 Å². The molecule has 5 N–H and O–H groups in total. The summed E-state index contributed by atoms with van der Waals surface area (Å²) in [7, 11) is 1.54. The first kappa shape index (κ1) is 25.3. The number of amides is 1. The van der Waals surface area contributed by atoms with Gasteiger partial charge >= 0.3 is 0 Å². The van der Waals surface area contributed by atoms with E-state index >= 15 is 0 Å². The number of piperazine rings is 1. The molecule has 2 heterocycles. The van der Waals surface area contributed by atoms with Crippen molar-refractivity contribution in [3.8, 4) is 22.9 Å². The van der Waals surface area contributed by atoms with E-state index in [4.69, 9.17) is 44.1 Å². The van der Waals surface area contributed by atoms with E-state index < -0.39 is 0 Å². The molecule has 35 heavy (non-hydrogen) atoms. The molecule has 0 radical (unpaired) electrons. The van der Waals surface area contributed by atoms with Crippen LogP contribution in [0.15, 0.2) is 40.4 Å². The number of aromatic nitrogens is 3. The predicted molar refractivity (Wildman–Crippen MR) is 135 cm³/mol. The first-order chi connectivity index (χ1) is 16.9. The summed E-state index contributed by atoms with van der Waals surface area (Å²) >= 11 is 13.8. The topological polar surface area (TPSA) is 142 Å². The van der Waals surface area contributed by atoms with Crippen LogP contribution in [0, 0.1) is 0 Å². The van der Waals surface area contributed by atoms with Gasteiger partial charge in [-0.05, 0) is 42.1 Å². The normalized spacial score (nSPS) is 13.5. The molecule has 2 aromatic carbocycles. The van der Waals surface area contributed by atoms with Gasteiger partial charge in [0.05, 0.1) is 22.1 Å². The minimum atomic E-state index is -0.0613. The van der Waals surface area contributed by atoms with Gasteiger partial charge in [-0.25, -0.2) is 4.98 Å². The van der Waals surface area contributed by atoms with E-state index in [2.05, 4.69) is 20.3 Å². The molecule has 1 aliphatic heterocycles. The first-order valence-electron chi connectivity index (χ1n) is 10.6. The average Bonchev–Trinajstić information content (AvgIpc) is 2.85. The van der Waals surface area contributed by atoms with Crippen molar-refractivity contribution in [1.29, 1.82) is 0 Å². The minimum Gasteiger partial charge on any atom is -0.496 e. The molecule has 0 atom stereocenters. The highest BCUT2D eigenvalue weighted by atomic mass is 35.5. The van der Waals surface area contributed by atoms with E-state index in [1.54, 1.807) is 24.3 Å². The summed E-state index contributed by atoms with van der Waals surface area (Å²) in [6.07, 6.45) is 0. The number of carbonyl (C=O) groups is 1. The lowest BCUT2D eigenvalue weighted by atomic mass is 10.1. The summed E-state index contributed by atoms with van der Waals surface area (Å²) < 4.78 is 10.9. The zero-order chi connectivity index (χ0) is 24.9. The number of carbonyl (C=O) groups excluding carboxylic acids is 1. The molecule has 0 aliphatic carbocycles. The van der Waals surface area contributed by atoms with Crippen molar-refractivity contribution in [2.75, 3.05) is 45.8 Å². The van der Waals surface area contributed by atoms with Crippen molar-refractivity contribution < 1.29 is 14.3 Å². The second-order valence-corrected chi connectivity index (χ2v) is 9.21. The number of halogens is 2. The lowest BCUT2D eigenvalue weighted by molar-refractivity contribution is 0.0735. The van der Waals surface area contributed by atoms with Gasteiger partial charge in [-0.15, -0.1) is 0 Å². The molecule has 1 fully saturated rings. The molecule has 1 saturated heterocycles. The summed E-state index contributed by atoms with van der Waals surface area (Å²) in [4.78, 5) is 28.3. The first-order valence-corrected chi connectivity index (χ1v) is 12.2. The quantitative estimate of drug-likeness (QED) is 0.386. The van der Waals surface area contributed by atoms with Crippen LogP contribution in [0.4, 0.5) is 5.95 Å². The second kappa shape index (κ2) is 11.3. The zero-order valence-corrected chi connectivity index (χ0v) is 21.1. The van der Waals surface area contributed by atoms with Gasteiger partial charge < -0.3 is 25.4 Å². The van der Waals surface area contributed by atoms with Crippen LogP contribution < -0.4 is 26.3 Å². The highest BCUT2D eigenvalue weighted by Gasteiger charge is 2.20. The number of benzene rings is 2. The number of hydrogen-bond acceptors (Lipinski definition) is 10. The number of anilines is 1. The average molecular weight is 536 g/mol. The number of nitrogens with two attached hydrogens (primary N) is 2. The maximum absolute atomic E-state index is 12.9. The van der Waals surface area contributed by atoms with Gasteiger partial charge in [-0.3, -0.25) is 10.5 Å². The van der Waals surface area contributed by atoms with Crippen LogP contribution in [0.2, 0.25) is 10.0 Å². The van der Waals surface area contributed by atoms with Gasteiger partial charge in [0.1, 0.15) is 18.2 Å². The lowest BCUT2D eigenvalue weighted by Gasteiger charge is -2.27. The Kier molecular flexibility index (Phi) is 8.14. The Morgan fingerprint density at radius 2 is 1.89 bits per heavy atom. The number of nitrogens with one attached hydrogen (secondary N) is 1. The molecule has 4 rings (SSSR count). The molecule has 0 bridgehead atoms. The third kappa shape index (κ3) is 5.88. The van der Waals surface area contributed by atoms with Crippen LogP contribution in [0.3, 0.4) is 0 Å². The number of hydrogen-bond donors (Lipinski definition) is 3. The highest BCUT2D eigenvalue weighted by molar-refractivity contribution is 7.99. The fraction of sp³-hybridized carbons (Fsp3) is 0.273. The summed E-state index contributed by atoms with van der Waals surface area (Å²) in [6.45, 7) is 2.81. The summed E-state index contributed by atoms with van der Waals surface area (Å²) in [6, 6.07) is 8.38. The Hall–Kier alpha value is -2.83. The van der Waals surface area contributed by atoms with Gasteiger partial charge in [-0.1, -0.05) is 23.2 Å². The Balaban J connectivity index is 1.63. The maximum Gasteiger partial charge on any atom is 0.254 e. The summed E-state index contributed by atoms with van der Waals surface area (Å²) in [5.41, 5.74) is 12.4. The maximum atomic E-state index is 12.9. The number of methoxy groups -OCH3 is 1. The fourth-order valence-electron chi connectivity index (χ4n) is 3.47. The van der Waals surface area contributed by atoms with Crippen molar-refractivity contribution in [1.82, 2.24) is 25.2 Å². The van der Waals surface area contributed by atoms with Crippen LogP contribution in [-0.2, 0) is 0 Å². The van der Waals surface area contributed by atoms with Gasteiger partial charge in [-0.2, -0.15) is 9.97 Å². The van der Waals surface area contributed by atoms with Crippen LogP contribution in [0.5, 0.6) is 11.5 Å². The van der Waals surface area contributed by atoms with Crippen molar-refractivity contribution in [3.05, 3.63) is 45.9 Å². The zero-order valence-electron chi connectivity index (χ0n) is 18.8. The molecular formula is C22H23Cl2N7O3S. The lowest BCUT2D eigenvalue weighted by Crippen LogP contribution is -2.46. The Morgan fingerprint density at radius 1 is 1.11 bits per heavy atom. The van der Waals surface area contributed by atoms with Crippen molar-refractivity contribution in [3.63, 3.8) is 0 Å². The van der Waals surface area contributed by atoms with Crippen molar-refractivity contribution in [2.45, 2.75) is 10.1 Å². The fourth-order valence-corrected chi connectivity index (χ4v) is 4.84. The van der Waals surface area contributed by atoms with Crippen LogP contribution in [-0.4, -0.2) is 65.8 Å². The molecular weight excluding hydrogens is 513 g/mol. The van der Waals surface area contributed by atoms with E-state index in [0.29, 0.717) is 55.8 Å². The number of nitrogens with zero attached hydrogens (tertiary/aromatic N) is 4. The second-order valence-electron chi connectivity index (χ2n) is 7.38. The van der Waals surface area contributed by atoms with Gasteiger partial charge in [0.25, 0.3) is 5.91 Å². The van der Waals surface area contributed by atoms with Gasteiger partial charge in [0.2, 0.25) is 5.95 Å². The molecule has 184 valence electrons. The highest BCUT2D eigenvalue weighted by Crippen LogP contribution is 2.38. The van der Waals surface area contributed by atoms with Crippen LogP contribution in [0.1, 0.15) is 10.4 Å². The molecule has 1 aliphatic rings. The molecule has 0 saturated carbocycles. The smallest absolute Gasteiger partial charge is 0.254 e. The molecule has 0 unspecified atom stereocenters. The third-order valence-electron chi connectivity index (χ3n) is 5.15. The third-order valence-corrected chi connectivity index (χ3v) is 6.68. The van der Waals surface area contributed by atoms with E-state index in [1.165, 1.54) is 24.9 Å². The van der Waals surface area contributed by atoms with E-state index in [0.717, 1.165) is 13.1 Å². The number of nitrogen functional groups attached to an aromatic ring is 1. The predicted octanol–water partition coefficient (Wildman–Crippen LogP) is 2.93. The van der Waals surface area contributed by atoms with Crippen molar-refractivity contribution >= 4 is 46.8 Å². The Morgan fingerprint density at radius 3 is 2.60 bits per heavy atom. The van der Waals surface area contributed by atoms with Gasteiger partial charge in [0, 0.05) is 37.3 Å². The molecule has 1 amide bonds. The molecule has 10 nitrogen and oxygen atoms in total. The monoisotopic (exact) mass is 535 g/mol. The Labute approximate surface area is 216 Å². The summed E-state index contributed by atoms with van der Waals surface area (Å²) in [5.74, 6) is 1.07. The Bertz CT molecular complexity index is 1240. The largest absolute Gasteiger partial charge is 0.496 e. The van der Waals surface area contributed by atoms with Crippen molar-refractivity contribution in [2.24, 2.45) is 5.73 Å². The van der Waals surface area contributed by atoms with E-state index in [-0.39, 0.29) is 24.4 Å². The van der Waals surface area contributed by atoms with Crippen LogP contribution in [0.25, 0.3) is 11.4 Å². The molecule has 13 heteroatoms. The molecule has 3 aromatic rings. The molecule has 1 aromatic heterocycles. The van der Waals surface area contributed by atoms with Crippen LogP contribution >= 0.6 is 35.0 Å². The SMILES string of the molecule is COc1cc(C(=O)N2CCNCC2)ccc1Sc1nc(N)nc(-c2cc(OCN)c(Cl)cc2Cl)n1. The van der Waals surface area contributed by atoms with E-state index in [9.17, 15) is 4.79 Å². The summed E-state index contributed by atoms with van der Waals surface area (Å²) in [5, 5.41) is 4.18.